The number of hydrogen-bond acceptors (Lipinski definition) is 2. The number of benzene rings is 4. The maximum absolute atomic E-state index is 5.34. The number of aromatic amines is 1. The molecule has 0 aliphatic carbocycles. The highest BCUT2D eigenvalue weighted by molar-refractivity contribution is 6.24. The third kappa shape index (κ3) is 4.26. The van der Waals surface area contributed by atoms with Crippen molar-refractivity contribution in [2.75, 3.05) is 0 Å². The number of nitrogens with one attached hydrogen (secondary N) is 1. The van der Waals surface area contributed by atoms with Crippen LogP contribution in [0.15, 0.2) is 78.8 Å². The molecule has 4 aromatic carbocycles. The van der Waals surface area contributed by atoms with Gasteiger partial charge >= 0.3 is 5.79 Å². The van der Waals surface area contributed by atoms with Gasteiger partial charge in [-0.2, -0.15) is 4.58 Å². The molecule has 2 aliphatic rings. The summed E-state index contributed by atoms with van der Waals surface area (Å²) >= 11 is 0. The standard InChI is InChI=1S/C44H50N5/c1-25(2)30-22-47(27(5)6)44(48(23-30)28(7)8)39-33-19-15-14-18-32(33)36(43(9,10)11)21-35(39)41-38-37-31-17-13-12-16-29(31)20-34(26(3)4)40(37)46-42(38)45-24-49(41)44/h12-28H,1-11H3/q+1/p+1. The van der Waals surface area contributed by atoms with E-state index in [2.05, 4.69) is 175 Å². The molecule has 5 heteroatoms. The fourth-order valence-corrected chi connectivity index (χ4v) is 8.80. The Bertz CT molecular complexity index is 2390. The number of rotatable bonds is 4. The molecule has 0 radical (unpaired) electrons. The van der Waals surface area contributed by atoms with E-state index in [0.29, 0.717) is 11.8 Å². The first-order valence-electron chi connectivity index (χ1n) is 18.3. The molecule has 1 N–H and O–H groups in total. The number of nitrogens with zero attached hydrogens (tertiary/aromatic N) is 4. The number of aromatic nitrogens is 3. The zero-order valence-corrected chi connectivity index (χ0v) is 31.1. The SMILES string of the molecule is CC(C)C1=CN(C(C)C)C2(c3c(cc(C(C)(C)C)c4ccccc34)-c3c4c(nc[n+]32)[nH]c2c(C(C)C)cc3ccccc3c24)[N+](C(C)C)=C1. The number of hydrogen-bond donors (Lipinski definition) is 1. The van der Waals surface area contributed by atoms with E-state index in [0.717, 1.165) is 5.65 Å². The minimum Gasteiger partial charge on any atom is -0.318 e. The van der Waals surface area contributed by atoms with Crippen LogP contribution in [0.3, 0.4) is 0 Å². The fourth-order valence-electron chi connectivity index (χ4n) is 8.80. The van der Waals surface area contributed by atoms with Crippen molar-refractivity contribution in [3.8, 4) is 11.3 Å². The summed E-state index contributed by atoms with van der Waals surface area (Å²) in [5.41, 5.74) is 9.99. The average Bonchev–Trinajstić information content (AvgIpc) is 3.58. The predicted octanol–water partition coefficient (Wildman–Crippen LogP) is 10.1. The topological polar surface area (TPSA) is 38.8 Å². The second kappa shape index (κ2) is 10.7. The molecule has 0 saturated carbocycles. The van der Waals surface area contributed by atoms with Gasteiger partial charge in [0.25, 0.3) is 12.0 Å². The van der Waals surface area contributed by atoms with Gasteiger partial charge in [-0.3, -0.25) is 4.90 Å². The van der Waals surface area contributed by atoms with Crippen LogP contribution in [0.2, 0.25) is 0 Å². The molecule has 1 atom stereocenters. The molecule has 4 heterocycles. The van der Waals surface area contributed by atoms with Gasteiger partial charge in [0.15, 0.2) is 18.0 Å². The lowest BCUT2D eigenvalue weighted by atomic mass is 9.79. The van der Waals surface area contributed by atoms with Crippen LogP contribution >= 0.6 is 0 Å². The lowest BCUT2D eigenvalue weighted by Gasteiger charge is -2.42. The fraction of sp³-hybridized carbons (Fsp3) is 0.386. The molecule has 0 amide bonds. The van der Waals surface area contributed by atoms with Crippen LogP contribution in [0.1, 0.15) is 98.8 Å². The van der Waals surface area contributed by atoms with E-state index in [-0.39, 0.29) is 17.5 Å². The highest BCUT2D eigenvalue weighted by Gasteiger charge is 2.65. The second-order valence-corrected chi connectivity index (χ2v) is 16.6. The monoisotopic (exact) mass is 649 g/mol. The van der Waals surface area contributed by atoms with Crippen molar-refractivity contribution in [2.24, 2.45) is 5.92 Å². The van der Waals surface area contributed by atoms with Crippen LogP contribution < -0.4 is 4.57 Å². The minimum absolute atomic E-state index is 0.0576. The number of fused-ring (bicyclic) bond motifs is 13. The first-order chi connectivity index (χ1) is 23.3. The summed E-state index contributed by atoms with van der Waals surface area (Å²) in [6.45, 7) is 25.6. The Morgan fingerprint density at radius 1 is 0.796 bits per heavy atom. The summed E-state index contributed by atoms with van der Waals surface area (Å²) in [4.78, 5) is 11.8. The maximum Gasteiger partial charge on any atom is 0.417 e. The van der Waals surface area contributed by atoms with Crippen molar-refractivity contribution in [3.63, 3.8) is 0 Å². The molecule has 0 fully saturated rings. The van der Waals surface area contributed by atoms with Crippen LogP contribution in [0.4, 0.5) is 0 Å². The van der Waals surface area contributed by atoms with Gasteiger partial charge in [-0.25, -0.2) is 0 Å². The van der Waals surface area contributed by atoms with E-state index in [1.807, 2.05) is 0 Å². The van der Waals surface area contributed by atoms with Crippen molar-refractivity contribution in [1.82, 2.24) is 14.9 Å². The number of allylic oxidation sites excluding steroid dienone is 1. The van der Waals surface area contributed by atoms with Crippen molar-refractivity contribution in [2.45, 2.75) is 105 Å². The maximum atomic E-state index is 5.34. The first-order valence-corrected chi connectivity index (χ1v) is 18.3. The van der Waals surface area contributed by atoms with Gasteiger partial charge in [0.1, 0.15) is 10.9 Å². The average molecular weight is 650 g/mol. The summed E-state index contributed by atoms with van der Waals surface area (Å²) in [5.74, 6) is 0.0778. The van der Waals surface area contributed by atoms with Crippen molar-refractivity contribution in [3.05, 3.63) is 95.5 Å². The quantitative estimate of drug-likeness (QED) is 0.193. The van der Waals surface area contributed by atoms with Crippen molar-refractivity contribution >= 4 is 49.7 Å². The normalized spacial score (nSPS) is 17.9. The van der Waals surface area contributed by atoms with Crippen molar-refractivity contribution < 1.29 is 9.14 Å². The van der Waals surface area contributed by atoms with Crippen LogP contribution in [-0.2, 0) is 11.2 Å². The van der Waals surface area contributed by atoms with E-state index in [1.165, 1.54) is 71.4 Å². The molecule has 2 aliphatic heterocycles. The van der Waals surface area contributed by atoms with Crippen LogP contribution in [0, 0.1) is 5.92 Å². The summed E-state index contributed by atoms with van der Waals surface area (Å²) in [7, 11) is 0. The predicted molar refractivity (Wildman–Crippen MR) is 205 cm³/mol. The Balaban J connectivity index is 1.67. The Morgan fingerprint density at radius 3 is 2.10 bits per heavy atom. The van der Waals surface area contributed by atoms with Crippen LogP contribution in [0.5, 0.6) is 0 Å². The molecule has 0 saturated heterocycles. The van der Waals surface area contributed by atoms with Gasteiger partial charge in [-0.05, 0) is 94.7 Å². The van der Waals surface area contributed by atoms with Crippen LogP contribution in [0.25, 0.3) is 54.7 Å². The molecular formula is C44H51N5+2. The van der Waals surface area contributed by atoms with Gasteiger partial charge in [-0.15, -0.1) is 4.57 Å². The molecule has 250 valence electrons. The molecule has 1 unspecified atom stereocenters. The smallest absolute Gasteiger partial charge is 0.318 e. The first kappa shape index (κ1) is 31.7. The summed E-state index contributed by atoms with van der Waals surface area (Å²) in [6.07, 6.45) is 7.01. The molecule has 49 heavy (non-hydrogen) atoms. The zero-order valence-electron chi connectivity index (χ0n) is 31.1. The molecule has 2 aromatic heterocycles. The van der Waals surface area contributed by atoms with E-state index >= 15 is 0 Å². The molecular weight excluding hydrogens is 599 g/mol. The lowest BCUT2D eigenvalue weighted by Crippen LogP contribution is -2.73. The molecule has 0 bridgehead atoms. The molecule has 6 aromatic rings. The van der Waals surface area contributed by atoms with Crippen molar-refractivity contribution in [1.29, 1.82) is 0 Å². The largest absolute Gasteiger partial charge is 0.417 e. The molecule has 8 rings (SSSR count). The third-order valence-corrected chi connectivity index (χ3v) is 11.1. The van der Waals surface area contributed by atoms with E-state index < -0.39 is 5.79 Å². The molecule has 1 spiro atoms. The Kier molecular flexibility index (Phi) is 6.96. The van der Waals surface area contributed by atoms with E-state index in [9.17, 15) is 0 Å². The highest BCUT2D eigenvalue weighted by Crippen LogP contribution is 2.52. The van der Waals surface area contributed by atoms with E-state index in [4.69, 9.17) is 4.98 Å². The second-order valence-electron chi connectivity index (χ2n) is 16.6. The third-order valence-electron chi connectivity index (χ3n) is 11.1. The van der Waals surface area contributed by atoms with Crippen LogP contribution in [-0.4, -0.2) is 37.7 Å². The van der Waals surface area contributed by atoms with Gasteiger partial charge in [0.2, 0.25) is 0 Å². The van der Waals surface area contributed by atoms with Gasteiger partial charge in [0.05, 0.1) is 5.52 Å². The van der Waals surface area contributed by atoms with E-state index in [1.54, 1.807) is 0 Å². The summed E-state index contributed by atoms with van der Waals surface area (Å²) < 4.78 is 5.16. The Hall–Kier alpha value is -4.51. The minimum atomic E-state index is -0.669. The summed E-state index contributed by atoms with van der Waals surface area (Å²) in [6, 6.07) is 23.3. The zero-order chi connectivity index (χ0) is 34.7. The number of H-pyrrole nitrogens is 1. The highest BCUT2D eigenvalue weighted by atomic mass is 15.5. The summed E-state index contributed by atoms with van der Waals surface area (Å²) in [5, 5.41) is 7.64. The lowest BCUT2D eigenvalue weighted by molar-refractivity contribution is -0.942. The molecule has 5 nitrogen and oxygen atoms in total. The Morgan fingerprint density at radius 2 is 1.47 bits per heavy atom. The Labute approximate surface area is 291 Å². The van der Waals surface area contributed by atoms with Gasteiger partial charge < -0.3 is 4.98 Å². The van der Waals surface area contributed by atoms with Gasteiger partial charge in [0, 0.05) is 28.8 Å². The van der Waals surface area contributed by atoms with Gasteiger partial charge in [-0.1, -0.05) is 97.0 Å².